The number of rotatable bonds is 8. The Kier molecular flexibility index (Phi) is 6.16. The van der Waals surface area contributed by atoms with E-state index in [4.69, 9.17) is 4.74 Å². The Labute approximate surface area is 151 Å². The van der Waals surface area contributed by atoms with Crippen molar-refractivity contribution in [2.75, 3.05) is 7.11 Å². The molecule has 0 heterocycles. The molecule has 0 aromatic heterocycles. The summed E-state index contributed by atoms with van der Waals surface area (Å²) in [6.45, 7) is 2.18. The fraction of sp³-hybridized carbons (Fsp3) is 0.682. The van der Waals surface area contributed by atoms with Crippen LogP contribution in [0.1, 0.15) is 63.0 Å². The number of hydrogen-bond donors (Lipinski definition) is 1. The van der Waals surface area contributed by atoms with Crippen molar-refractivity contribution in [2.24, 2.45) is 17.8 Å². The summed E-state index contributed by atoms with van der Waals surface area (Å²) in [7, 11) is 1.73. The van der Waals surface area contributed by atoms with E-state index >= 15 is 0 Å². The first-order chi connectivity index (χ1) is 12.1. The van der Waals surface area contributed by atoms with Crippen LogP contribution in [0.25, 0.3) is 0 Å². The van der Waals surface area contributed by atoms with Gasteiger partial charge in [-0.05, 0) is 61.1 Å². The molecule has 1 N–H and O–H groups in total. The second-order valence-corrected chi connectivity index (χ2v) is 7.93. The van der Waals surface area contributed by atoms with E-state index in [1.165, 1.54) is 24.0 Å². The molecule has 1 saturated carbocycles. The van der Waals surface area contributed by atoms with Gasteiger partial charge in [0.15, 0.2) is 0 Å². The Bertz CT molecular complexity index is 595. The fourth-order valence-electron chi connectivity index (χ4n) is 4.92. The highest BCUT2D eigenvalue weighted by molar-refractivity contribution is 5.84. The predicted molar refractivity (Wildman–Crippen MR) is 99.9 cm³/mol. The van der Waals surface area contributed by atoms with E-state index < -0.39 is 0 Å². The molecule has 0 amide bonds. The number of ether oxygens (including phenoxy) is 1. The van der Waals surface area contributed by atoms with E-state index in [0.717, 1.165) is 44.3 Å². The van der Waals surface area contributed by atoms with E-state index in [2.05, 4.69) is 19.1 Å². The molecule has 25 heavy (non-hydrogen) atoms. The molecular weight excluding hydrogens is 312 g/mol. The number of benzene rings is 1. The summed E-state index contributed by atoms with van der Waals surface area (Å²) >= 11 is 0. The quantitative estimate of drug-likeness (QED) is 0.714. The topological polar surface area (TPSA) is 46.5 Å². The van der Waals surface area contributed by atoms with Gasteiger partial charge < -0.3 is 9.84 Å². The Morgan fingerprint density at radius 3 is 2.80 bits per heavy atom. The van der Waals surface area contributed by atoms with Crippen molar-refractivity contribution in [3.05, 3.63) is 29.3 Å². The minimum atomic E-state index is -0.241. The van der Waals surface area contributed by atoms with Crippen molar-refractivity contribution in [1.29, 1.82) is 0 Å². The van der Waals surface area contributed by atoms with Crippen LogP contribution in [0.2, 0.25) is 0 Å². The number of hydrogen-bond acceptors (Lipinski definition) is 3. The van der Waals surface area contributed by atoms with Gasteiger partial charge in [-0.2, -0.15) is 0 Å². The lowest BCUT2D eigenvalue weighted by Crippen LogP contribution is -2.27. The fourth-order valence-corrected chi connectivity index (χ4v) is 4.92. The maximum absolute atomic E-state index is 12.6. The predicted octanol–water partition coefficient (Wildman–Crippen LogP) is 4.34. The zero-order valence-corrected chi connectivity index (χ0v) is 15.7. The first-order valence-electron chi connectivity index (χ1n) is 9.99. The number of Topliss-reactive ketones (excluding diaryl/α,β-unsaturated/α-hetero) is 1. The third-order valence-corrected chi connectivity index (χ3v) is 6.32. The highest BCUT2D eigenvalue weighted by atomic mass is 16.5. The molecule has 0 radical (unpaired) electrons. The van der Waals surface area contributed by atoms with Crippen molar-refractivity contribution >= 4 is 5.78 Å². The molecule has 1 unspecified atom stereocenters. The van der Waals surface area contributed by atoms with Gasteiger partial charge in [-0.1, -0.05) is 38.3 Å². The number of aliphatic hydroxyl groups excluding tert-OH is 1. The summed E-state index contributed by atoms with van der Waals surface area (Å²) in [5.74, 6) is 2.44. The molecule has 1 fully saturated rings. The van der Waals surface area contributed by atoms with E-state index in [1.54, 1.807) is 7.11 Å². The molecule has 3 rings (SSSR count). The summed E-state index contributed by atoms with van der Waals surface area (Å²) in [5, 5.41) is 10.2. The van der Waals surface area contributed by atoms with E-state index in [1.807, 2.05) is 6.07 Å². The molecule has 0 saturated heterocycles. The van der Waals surface area contributed by atoms with E-state index in [0.29, 0.717) is 24.0 Å². The van der Waals surface area contributed by atoms with Crippen LogP contribution in [-0.2, 0) is 17.6 Å². The zero-order valence-electron chi connectivity index (χ0n) is 15.7. The highest BCUT2D eigenvalue weighted by Gasteiger charge is 2.44. The van der Waals surface area contributed by atoms with Crippen LogP contribution in [0, 0.1) is 17.8 Å². The molecule has 138 valence electrons. The molecule has 0 aliphatic heterocycles. The lowest BCUT2D eigenvalue weighted by atomic mass is 9.73. The lowest BCUT2D eigenvalue weighted by Gasteiger charge is -2.31. The molecule has 3 nitrogen and oxygen atoms in total. The normalized spacial score (nSPS) is 26.2. The summed E-state index contributed by atoms with van der Waals surface area (Å²) in [4.78, 5) is 12.6. The van der Waals surface area contributed by atoms with Crippen LogP contribution >= 0.6 is 0 Å². The number of carbonyl (C=O) groups excluding carboxylic acids is 1. The average Bonchev–Trinajstić information content (AvgIpc) is 2.92. The Hall–Kier alpha value is -1.35. The summed E-state index contributed by atoms with van der Waals surface area (Å²) in [5.41, 5.74) is 2.66. The number of aliphatic hydroxyl groups is 1. The van der Waals surface area contributed by atoms with Gasteiger partial charge in [0, 0.05) is 12.3 Å². The van der Waals surface area contributed by atoms with Gasteiger partial charge in [0.2, 0.25) is 0 Å². The SMILES string of the molecule is CCCCC[C@H](O)CCC1C(=O)C[C@H]2Cc3c(cccc3OC)C[C@@H]12. The largest absolute Gasteiger partial charge is 0.496 e. The Balaban J connectivity index is 1.62. The summed E-state index contributed by atoms with van der Waals surface area (Å²) in [6.07, 6.45) is 8.38. The Morgan fingerprint density at radius 1 is 1.20 bits per heavy atom. The van der Waals surface area contributed by atoms with Crippen LogP contribution in [0.15, 0.2) is 18.2 Å². The van der Waals surface area contributed by atoms with Crippen LogP contribution in [-0.4, -0.2) is 24.1 Å². The van der Waals surface area contributed by atoms with Crippen LogP contribution in [0.3, 0.4) is 0 Å². The number of methoxy groups -OCH3 is 1. The van der Waals surface area contributed by atoms with Crippen molar-refractivity contribution < 1.29 is 14.6 Å². The molecule has 4 atom stereocenters. The number of carbonyl (C=O) groups is 1. The van der Waals surface area contributed by atoms with Gasteiger partial charge in [0.25, 0.3) is 0 Å². The van der Waals surface area contributed by atoms with Gasteiger partial charge in [0.1, 0.15) is 11.5 Å². The molecule has 1 aromatic carbocycles. The van der Waals surface area contributed by atoms with Crippen LogP contribution < -0.4 is 4.74 Å². The number of fused-ring (bicyclic) bond motifs is 2. The maximum Gasteiger partial charge on any atom is 0.136 e. The van der Waals surface area contributed by atoms with Gasteiger partial charge in [0.05, 0.1) is 13.2 Å². The molecular formula is C22H32O3. The average molecular weight is 344 g/mol. The third kappa shape index (κ3) is 4.08. The van der Waals surface area contributed by atoms with E-state index in [9.17, 15) is 9.90 Å². The van der Waals surface area contributed by atoms with Crippen molar-refractivity contribution in [3.63, 3.8) is 0 Å². The molecule has 2 aliphatic carbocycles. The number of ketones is 1. The van der Waals surface area contributed by atoms with Crippen molar-refractivity contribution in [3.8, 4) is 5.75 Å². The Morgan fingerprint density at radius 2 is 2.04 bits per heavy atom. The maximum atomic E-state index is 12.6. The first-order valence-corrected chi connectivity index (χ1v) is 9.99. The van der Waals surface area contributed by atoms with Crippen LogP contribution in [0.4, 0.5) is 0 Å². The molecule has 0 bridgehead atoms. The summed E-state index contributed by atoms with van der Waals surface area (Å²) < 4.78 is 5.52. The minimum Gasteiger partial charge on any atom is -0.496 e. The van der Waals surface area contributed by atoms with Gasteiger partial charge in [-0.25, -0.2) is 0 Å². The van der Waals surface area contributed by atoms with Gasteiger partial charge in [-0.3, -0.25) is 4.79 Å². The van der Waals surface area contributed by atoms with Crippen LogP contribution in [0.5, 0.6) is 5.75 Å². The molecule has 3 heteroatoms. The van der Waals surface area contributed by atoms with Gasteiger partial charge in [-0.15, -0.1) is 0 Å². The van der Waals surface area contributed by atoms with E-state index in [-0.39, 0.29) is 12.0 Å². The first kappa shape index (κ1) is 18.4. The van der Waals surface area contributed by atoms with Gasteiger partial charge >= 0.3 is 0 Å². The zero-order chi connectivity index (χ0) is 17.8. The monoisotopic (exact) mass is 344 g/mol. The van der Waals surface area contributed by atoms with Crippen molar-refractivity contribution in [2.45, 2.75) is 70.8 Å². The molecule has 1 aromatic rings. The second-order valence-electron chi connectivity index (χ2n) is 7.93. The highest BCUT2D eigenvalue weighted by Crippen LogP contribution is 2.46. The standard InChI is InChI=1S/C22H32O3/c1-3-4-5-8-17(23)10-11-18-19-12-15-7-6-9-22(25-2)20(15)13-16(19)14-21(18)24/h6-7,9,16-19,23H,3-5,8,10-14H2,1-2H3/t16-,17+,18?,19-/m1/s1. The lowest BCUT2D eigenvalue weighted by molar-refractivity contribution is -0.121. The number of unbranched alkanes of at least 4 members (excludes halogenated alkanes) is 2. The molecule has 2 aliphatic rings. The third-order valence-electron chi connectivity index (χ3n) is 6.32. The second kappa shape index (κ2) is 8.35. The summed E-state index contributed by atoms with van der Waals surface area (Å²) in [6, 6.07) is 6.27. The molecule has 0 spiro atoms. The smallest absolute Gasteiger partial charge is 0.136 e. The minimum absolute atomic E-state index is 0.144. The van der Waals surface area contributed by atoms with Crippen molar-refractivity contribution in [1.82, 2.24) is 0 Å².